The van der Waals surface area contributed by atoms with Crippen molar-refractivity contribution in [2.75, 3.05) is 6.61 Å². The number of aldehydes is 1. The maximum atomic E-state index is 11.1. The lowest BCUT2D eigenvalue weighted by Gasteiger charge is -2.24. The summed E-state index contributed by atoms with van der Waals surface area (Å²) in [4.78, 5) is 11.1. The van der Waals surface area contributed by atoms with Crippen LogP contribution in [0.5, 0.6) is 5.75 Å². The minimum absolute atomic E-state index is 0.224. The molecule has 0 aliphatic carbocycles. The molecule has 1 heterocycles. The number of benzene rings is 3. The van der Waals surface area contributed by atoms with E-state index in [1.807, 2.05) is 18.2 Å². The van der Waals surface area contributed by atoms with Crippen LogP contribution in [-0.4, -0.2) is 12.9 Å². The van der Waals surface area contributed by atoms with Gasteiger partial charge in [0.2, 0.25) is 0 Å². The van der Waals surface area contributed by atoms with Crippen molar-refractivity contribution in [2.24, 2.45) is 0 Å². The highest BCUT2D eigenvalue weighted by molar-refractivity contribution is 5.84. The lowest BCUT2D eigenvalue weighted by molar-refractivity contribution is 0.112. The summed E-state index contributed by atoms with van der Waals surface area (Å²) in [6.45, 7) is 2.78. The van der Waals surface area contributed by atoms with E-state index in [9.17, 15) is 4.79 Å². The molecule has 0 fully saturated rings. The molecule has 1 atom stereocenters. The molecule has 0 saturated heterocycles. The van der Waals surface area contributed by atoms with Gasteiger partial charge < -0.3 is 4.74 Å². The highest BCUT2D eigenvalue weighted by Gasteiger charge is 2.38. The molecule has 0 bridgehead atoms. The molecular weight excluding hydrogens is 272 g/mol. The molecule has 4 rings (SSSR count). The van der Waals surface area contributed by atoms with Gasteiger partial charge in [0.05, 0.1) is 5.41 Å². The molecule has 22 heavy (non-hydrogen) atoms. The molecule has 1 aliphatic rings. The van der Waals surface area contributed by atoms with E-state index in [2.05, 4.69) is 43.3 Å². The van der Waals surface area contributed by atoms with Crippen LogP contribution in [-0.2, 0) is 5.41 Å². The predicted molar refractivity (Wildman–Crippen MR) is 87.7 cm³/mol. The fourth-order valence-corrected chi connectivity index (χ4v) is 3.25. The van der Waals surface area contributed by atoms with Crippen molar-refractivity contribution in [2.45, 2.75) is 12.3 Å². The first-order valence-electron chi connectivity index (χ1n) is 7.42. The number of rotatable bonds is 2. The van der Waals surface area contributed by atoms with Crippen LogP contribution in [0.2, 0.25) is 0 Å². The standard InChI is InChI=1S/C20H16O2/c1-20(13-22-19-9-6-14(12-21)10-18(19)20)17-8-7-15-4-2-3-5-16(15)11-17/h2-12H,13H2,1H3. The molecular formula is C20H16O2. The van der Waals surface area contributed by atoms with E-state index in [-0.39, 0.29) is 5.41 Å². The van der Waals surface area contributed by atoms with Crippen LogP contribution in [0.25, 0.3) is 10.8 Å². The van der Waals surface area contributed by atoms with Crippen molar-refractivity contribution in [3.63, 3.8) is 0 Å². The Hall–Kier alpha value is -2.61. The average molecular weight is 288 g/mol. The molecule has 2 nitrogen and oxygen atoms in total. The first-order chi connectivity index (χ1) is 10.7. The van der Waals surface area contributed by atoms with Crippen LogP contribution in [0, 0.1) is 0 Å². The van der Waals surface area contributed by atoms with Gasteiger partial charge in [0.15, 0.2) is 0 Å². The van der Waals surface area contributed by atoms with Crippen molar-refractivity contribution < 1.29 is 9.53 Å². The van der Waals surface area contributed by atoms with Crippen molar-refractivity contribution in [1.29, 1.82) is 0 Å². The zero-order chi connectivity index (χ0) is 15.2. The number of carbonyl (C=O) groups is 1. The van der Waals surface area contributed by atoms with Crippen LogP contribution in [0.1, 0.15) is 28.4 Å². The summed E-state index contributed by atoms with van der Waals surface area (Å²) in [5.41, 5.74) is 2.77. The van der Waals surface area contributed by atoms with Gasteiger partial charge in [-0.3, -0.25) is 4.79 Å². The minimum atomic E-state index is -0.224. The van der Waals surface area contributed by atoms with Gasteiger partial charge in [-0.15, -0.1) is 0 Å². The lowest BCUT2D eigenvalue weighted by atomic mass is 9.77. The molecule has 1 unspecified atom stereocenters. The smallest absolute Gasteiger partial charge is 0.150 e. The van der Waals surface area contributed by atoms with Gasteiger partial charge in [0, 0.05) is 11.1 Å². The van der Waals surface area contributed by atoms with Gasteiger partial charge in [-0.05, 0) is 41.5 Å². The van der Waals surface area contributed by atoms with Gasteiger partial charge in [-0.2, -0.15) is 0 Å². The zero-order valence-electron chi connectivity index (χ0n) is 12.4. The largest absolute Gasteiger partial charge is 0.492 e. The number of hydrogen-bond acceptors (Lipinski definition) is 2. The maximum absolute atomic E-state index is 11.1. The van der Waals surface area contributed by atoms with E-state index >= 15 is 0 Å². The second-order valence-corrected chi connectivity index (χ2v) is 6.06. The molecule has 0 radical (unpaired) electrons. The lowest BCUT2D eigenvalue weighted by Crippen LogP contribution is -2.25. The SMILES string of the molecule is CC1(c2ccc3ccccc3c2)COc2ccc(C=O)cc21. The Kier molecular flexibility index (Phi) is 2.80. The van der Waals surface area contributed by atoms with Crippen LogP contribution in [0.3, 0.4) is 0 Å². The van der Waals surface area contributed by atoms with E-state index in [4.69, 9.17) is 4.74 Å². The van der Waals surface area contributed by atoms with Crippen molar-refractivity contribution >= 4 is 17.1 Å². The Bertz CT molecular complexity index is 882. The molecule has 1 aliphatic heterocycles. The summed E-state index contributed by atoms with van der Waals surface area (Å²) in [5, 5.41) is 2.46. The first kappa shape index (κ1) is 13.1. The highest BCUT2D eigenvalue weighted by Crippen LogP contribution is 2.44. The third-order valence-corrected chi connectivity index (χ3v) is 4.64. The van der Waals surface area contributed by atoms with Crippen LogP contribution >= 0.6 is 0 Å². The third-order valence-electron chi connectivity index (χ3n) is 4.64. The molecule has 3 aromatic rings. The quantitative estimate of drug-likeness (QED) is 0.655. The Balaban J connectivity index is 1.90. The van der Waals surface area contributed by atoms with Gasteiger partial charge in [-0.25, -0.2) is 0 Å². The van der Waals surface area contributed by atoms with Crippen molar-refractivity contribution in [1.82, 2.24) is 0 Å². The summed E-state index contributed by atoms with van der Waals surface area (Å²) < 4.78 is 5.86. The van der Waals surface area contributed by atoms with Crippen LogP contribution in [0.15, 0.2) is 60.7 Å². The normalized spacial score (nSPS) is 19.7. The first-order valence-corrected chi connectivity index (χ1v) is 7.42. The summed E-state index contributed by atoms with van der Waals surface area (Å²) in [6.07, 6.45) is 0.888. The second-order valence-electron chi connectivity index (χ2n) is 6.06. The van der Waals surface area contributed by atoms with Crippen molar-refractivity contribution in [3.05, 3.63) is 77.4 Å². The highest BCUT2D eigenvalue weighted by atomic mass is 16.5. The number of hydrogen-bond donors (Lipinski definition) is 0. The van der Waals surface area contributed by atoms with Crippen LogP contribution < -0.4 is 4.74 Å². The Morgan fingerprint density at radius 3 is 2.64 bits per heavy atom. The molecule has 0 aromatic heterocycles. The average Bonchev–Trinajstić information content (AvgIpc) is 2.92. The van der Waals surface area contributed by atoms with Crippen molar-refractivity contribution in [3.8, 4) is 5.75 Å². The Labute approximate surface area is 129 Å². The molecule has 0 N–H and O–H groups in total. The molecule has 0 amide bonds. The molecule has 2 heteroatoms. The summed E-state index contributed by atoms with van der Waals surface area (Å²) in [7, 11) is 0. The van der Waals surface area contributed by atoms with Crippen LogP contribution in [0.4, 0.5) is 0 Å². The minimum Gasteiger partial charge on any atom is -0.492 e. The number of ether oxygens (including phenoxy) is 1. The molecule has 108 valence electrons. The van der Waals surface area contributed by atoms with E-state index in [0.717, 1.165) is 17.6 Å². The Morgan fingerprint density at radius 1 is 1.00 bits per heavy atom. The summed E-state index contributed by atoms with van der Waals surface area (Å²) in [6, 6.07) is 20.5. The van der Waals surface area contributed by atoms with Gasteiger partial charge in [-0.1, -0.05) is 42.5 Å². The van der Waals surface area contributed by atoms with E-state index < -0.39 is 0 Å². The molecule has 3 aromatic carbocycles. The van der Waals surface area contributed by atoms with Gasteiger partial charge in [0.1, 0.15) is 18.6 Å². The van der Waals surface area contributed by atoms with Gasteiger partial charge in [0.25, 0.3) is 0 Å². The fraction of sp³-hybridized carbons (Fsp3) is 0.150. The van der Waals surface area contributed by atoms with E-state index in [0.29, 0.717) is 12.2 Å². The fourth-order valence-electron chi connectivity index (χ4n) is 3.25. The molecule has 0 spiro atoms. The summed E-state index contributed by atoms with van der Waals surface area (Å²) >= 11 is 0. The monoisotopic (exact) mass is 288 g/mol. The van der Waals surface area contributed by atoms with E-state index in [1.54, 1.807) is 6.07 Å². The van der Waals surface area contributed by atoms with E-state index in [1.165, 1.54) is 16.3 Å². The summed E-state index contributed by atoms with van der Waals surface area (Å²) in [5.74, 6) is 0.876. The third kappa shape index (κ3) is 1.84. The topological polar surface area (TPSA) is 26.3 Å². The number of carbonyl (C=O) groups excluding carboxylic acids is 1. The number of fused-ring (bicyclic) bond motifs is 2. The Morgan fingerprint density at radius 2 is 1.82 bits per heavy atom. The van der Waals surface area contributed by atoms with Gasteiger partial charge >= 0.3 is 0 Å². The predicted octanol–water partition coefficient (Wildman–Crippen LogP) is 4.35. The maximum Gasteiger partial charge on any atom is 0.150 e. The molecule has 0 saturated carbocycles. The zero-order valence-corrected chi connectivity index (χ0v) is 12.4. The second kappa shape index (κ2) is 4.70.